The number of urea groups is 1. The van der Waals surface area contributed by atoms with Crippen LogP contribution in [0.1, 0.15) is 13.3 Å². The number of hydrogen-bond acceptors (Lipinski definition) is 4. The SMILES string of the molecule is CCC(CNC(=NC)NCCN1C(=O)CNC1=O)Oc1ccccc1Cl. The first-order valence-corrected chi connectivity index (χ1v) is 8.86. The minimum atomic E-state index is -0.362. The highest BCUT2D eigenvalue weighted by Gasteiger charge is 2.27. The van der Waals surface area contributed by atoms with Crippen LogP contribution in [0.25, 0.3) is 0 Å². The number of aliphatic imine (C=N–C) groups is 1. The molecular weight excluding hydrogens is 358 g/mol. The van der Waals surface area contributed by atoms with E-state index >= 15 is 0 Å². The number of carbonyl (C=O) groups excluding carboxylic acids is 2. The molecule has 1 aliphatic rings. The monoisotopic (exact) mass is 381 g/mol. The molecule has 1 heterocycles. The van der Waals surface area contributed by atoms with E-state index in [1.165, 1.54) is 4.90 Å². The molecule has 0 bridgehead atoms. The molecule has 2 rings (SSSR count). The number of para-hydroxylation sites is 1. The van der Waals surface area contributed by atoms with Gasteiger partial charge in [-0.2, -0.15) is 0 Å². The zero-order chi connectivity index (χ0) is 18.9. The van der Waals surface area contributed by atoms with Gasteiger partial charge in [0.05, 0.1) is 18.1 Å². The molecule has 1 aliphatic heterocycles. The summed E-state index contributed by atoms with van der Waals surface area (Å²) in [5.41, 5.74) is 0. The fraction of sp³-hybridized carbons (Fsp3) is 0.471. The molecule has 0 spiro atoms. The van der Waals surface area contributed by atoms with Crippen molar-refractivity contribution in [3.05, 3.63) is 29.3 Å². The Hall–Kier alpha value is -2.48. The van der Waals surface area contributed by atoms with Crippen LogP contribution in [0.3, 0.4) is 0 Å². The maximum Gasteiger partial charge on any atom is 0.324 e. The van der Waals surface area contributed by atoms with Gasteiger partial charge in [0, 0.05) is 20.1 Å². The Kier molecular flexibility index (Phi) is 7.53. The Balaban J connectivity index is 1.77. The van der Waals surface area contributed by atoms with Gasteiger partial charge >= 0.3 is 6.03 Å². The highest BCUT2D eigenvalue weighted by molar-refractivity contribution is 6.32. The minimum absolute atomic E-state index is 0.0589. The lowest BCUT2D eigenvalue weighted by atomic mass is 10.2. The lowest BCUT2D eigenvalue weighted by molar-refractivity contribution is -0.124. The molecule has 0 aromatic heterocycles. The summed E-state index contributed by atoms with van der Waals surface area (Å²) >= 11 is 6.12. The molecule has 3 N–H and O–H groups in total. The highest BCUT2D eigenvalue weighted by atomic mass is 35.5. The quantitative estimate of drug-likeness (QED) is 0.357. The number of amides is 3. The molecule has 26 heavy (non-hydrogen) atoms. The Morgan fingerprint density at radius 2 is 2.15 bits per heavy atom. The van der Waals surface area contributed by atoms with Crippen LogP contribution in [0.4, 0.5) is 4.79 Å². The normalized spacial score (nSPS) is 15.7. The average Bonchev–Trinajstić information content (AvgIpc) is 2.96. The van der Waals surface area contributed by atoms with Gasteiger partial charge < -0.3 is 20.7 Å². The molecular formula is C17H24ClN5O3. The van der Waals surface area contributed by atoms with Gasteiger partial charge in [-0.25, -0.2) is 4.79 Å². The van der Waals surface area contributed by atoms with Crippen molar-refractivity contribution in [2.75, 3.05) is 33.2 Å². The van der Waals surface area contributed by atoms with E-state index in [1.807, 2.05) is 25.1 Å². The predicted molar refractivity (Wildman–Crippen MR) is 101 cm³/mol. The predicted octanol–water partition coefficient (Wildman–Crippen LogP) is 1.21. The lowest BCUT2D eigenvalue weighted by Crippen LogP contribution is -2.45. The molecule has 0 radical (unpaired) electrons. The maximum atomic E-state index is 11.5. The standard InChI is InChI=1S/C17H24ClN5O3/c1-3-12(26-14-7-5-4-6-13(14)18)10-21-16(19-2)20-8-9-23-15(24)11-22-17(23)25/h4-7,12H,3,8-11H2,1-2H3,(H,22,25)(H2,19,20,21). The van der Waals surface area contributed by atoms with E-state index in [2.05, 4.69) is 20.9 Å². The van der Waals surface area contributed by atoms with Gasteiger partial charge in [-0.1, -0.05) is 30.7 Å². The van der Waals surface area contributed by atoms with Crippen LogP contribution in [0.5, 0.6) is 5.75 Å². The molecule has 0 saturated carbocycles. The van der Waals surface area contributed by atoms with Crippen LogP contribution >= 0.6 is 11.6 Å². The number of halogens is 1. The molecule has 0 aliphatic carbocycles. The summed E-state index contributed by atoms with van der Waals surface area (Å²) in [5, 5.41) is 9.30. The molecule has 1 unspecified atom stereocenters. The summed E-state index contributed by atoms with van der Waals surface area (Å²) in [6.45, 7) is 3.30. The molecule has 3 amide bonds. The molecule has 1 aromatic rings. The second kappa shape index (κ2) is 9.86. The second-order valence-electron chi connectivity index (χ2n) is 5.66. The van der Waals surface area contributed by atoms with Crippen LogP contribution in [-0.2, 0) is 4.79 Å². The zero-order valence-electron chi connectivity index (χ0n) is 14.9. The number of nitrogens with one attached hydrogen (secondary N) is 3. The van der Waals surface area contributed by atoms with Gasteiger partial charge in [0.1, 0.15) is 11.9 Å². The smallest absolute Gasteiger partial charge is 0.324 e. The number of benzene rings is 1. The highest BCUT2D eigenvalue weighted by Crippen LogP contribution is 2.24. The maximum absolute atomic E-state index is 11.5. The van der Waals surface area contributed by atoms with Gasteiger partial charge in [0.2, 0.25) is 5.91 Å². The number of ether oxygens (including phenoxy) is 1. The van der Waals surface area contributed by atoms with Crippen molar-refractivity contribution < 1.29 is 14.3 Å². The molecule has 8 nitrogen and oxygen atoms in total. The minimum Gasteiger partial charge on any atom is -0.487 e. The molecule has 1 atom stereocenters. The third-order valence-electron chi connectivity index (χ3n) is 3.87. The summed E-state index contributed by atoms with van der Waals surface area (Å²) in [4.78, 5) is 28.3. The summed E-state index contributed by atoms with van der Waals surface area (Å²) < 4.78 is 5.92. The van der Waals surface area contributed by atoms with E-state index in [-0.39, 0.29) is 31.1 Å². The molecule has 1 fully saturated rings. The second-order valence-corrected chi connectivity index (χ2v) is 6.07. The first kappa shape index (κ1) is 19.8. The number of imide groups is 1. The van der Waals surface area contributed by atoms with Crippen molar-refractivity contribution in [1.82, 2.24) is 20.9 Å². The largest absolute Gasteiger partial charge is 0.487 e. The van der Waals surface area contributed by atoms with Gasteiger partial charge in [0.25, 0.3) is 0 Å². The first-order chi connectivity index (χ1) is 12.5. The van der Waals surface area contributed by atoms with E-state index in [9.17, 15) is 9.59 Å². The molecule has 1 saturated heterocycles. The van der Waals surface area contributed by atoms with Crippen LogP contribution in [-0.4, -0.2) is 62.1 Å². The van der Waals surface area contributed by atoms with Gasteiger partial charge in [0.15, 0.2) is 5.96 Å². The summed E-state index contributed by atoms with van der Waals surface area (Å²) in [7, 11) is 1.65. The van der Waals surface area contributed by atoms with Crippen LogP contribution in [0, 0.1) is 0 Å². The zero-order valence-corrected chi connectivity index (χ0v) is 15.7. The van der Waals surface area contributed by atoms with Crippen LogP contribution in [0.15, 0.2) is 29.3 Å². The van der Waals surface area contributed by atoms with E-state index < -0.39 is 0 Å². The summed E-state index contributed by atoms with van der Waals surface area (Å²) in [5.74, 6) is 0.988. The number of carbonyl (C=O) groups is 2. The molecule has 9 heteroatoms. The fourth-order valence-corrected chi connectivity index (χ4v) is 2.57. The Labute approximate surface area is 157 Å². The number of guanidine groups is 1. The van der Waals surface area contributed by atoms with Gasteiger partial charge in [-0.3, -0.25) is 14.7 Å². The van der Waals surface area contributed by atoms with E-state index in [1.54, 1.807) is 13.1 Å². The van der Waals surface area contributed by atoms with Crippen LogP contribution < -0.4 is 20.7 Å². The first-order valence-electron chi connectivity index (χ1n) is 8.49. The Morgan fingerprint density at radius 1 is 1.38 bits per heavy atom. The third-order valence-corrected chi connectivity index (χ3v) is 4.18. The van der Waals surface area contributed by atoms with Crippen molar-refractivity contribution in [2.24, 2.45) is 4.99 Å². The van der Waals surface area contributed by atoms with Crippen molar-refractivity contribution in [3.8, 4) is 5.75 Å². The molecule has 1 aromatic carbocycles. The number of rotatable bonds is 8. The summed E-state index contributed by atoms with van der Waals surface area (Å²) in [6.07, 6.45) is 0.705. The van der Waals surface area contributed by atoms with Gasteiger partial charge in [-0.05, 0) is 18.6 Å². The topological polar surface area (TPSA) is 95.1 Å². The Morgan fingerprint density at radius 3 is 2.77 bits per heavy atom. The average molecular weight is 382 g/mol. The number of nitrogens with zero attached hydrogens (tertiary/aromatic N) is 2. The van der Waals surface area contributed by atoms with Crippen molar-refractivity contribution in [1.29, 1.82) is 0 Å². The van der Waals surface area contributed by atoms with Crippen LogP contribution in [0.2, 0.25) is 5.02 Å². The van der Waals surface area contributed by atoms with Gasteiger partial charge in [-0.15, -0.1) is 0 Å². The molecule has 142 valence electrons. The Bertz CT molecular complexity index is 652. The number of hydrogen-bond donors (Lipinski definition) is 3. The van der Waals surface area contributed by atoms with E-state index in [0.29, 0.717) is 29.8 Å². The summed E-state index contributed by atoms with van der Waals surface area (Å²) in [6, 6.07) is 6.98. The van der Waals surface area contributed by atoms with Crippen molar-refractivity contribution in [3.63, 3.8) is 0 Å². The van der Waals surface area contributed by atoms with Crippen molar-refractivity contribution >= 4 is 29.5 Å². The van der Waals surface area contributed by atoms with E-state index in [4.69, 9.17) is 16.3 Å². The van der Waals surface area contributed by atoms with E-state index in [0.717, 1.165) is 6.42 Å². The van der Waals surface area contributed by atoms with Crippen molar-refractivity contribution in [2.45, 2.75) is 19.4 Å². The fourth-order valence-electron chi connectivity index (χ4n) is 2.39. The third kappa shape index (κ3) is 5.52. The lowest BCUT2D eigenvalue weighted by Gasteiger charge is -2.21.